The van der Waals surface area contributed by atoms with Gasteiger partial charge in [-0.1, -0.05) is 176 Å². The SMILES string of the molecule is NC(=N/C(=C\Cc1ccccc1)c1cccc(-c2cccc(Nc3ccccc3-c3ccccc3)c2)c1)c1cc(-c2ccccc2)cc(-c2ccccc2)c1. The third-order valence-electron chi connectivity index (χ3n) is 9.70. The summed E-state index contributed by atoms with van der Waals surface area (Å²) >= 11 is 0. The summed E-state index contributed by atoms with van der Waals surface area (Å²) in [4.78, 5) is 5.19. The van der Waals surface area contributed by atoms with Crippen molar-refractivity contribution in [2.24, 2.45) is 10.7 Å². The molecule has 3 nitrogen and oxygen atoms in total. The highest BCUT2D eigenvalue weighted by atomic mass is 14.9. The standard InChI is InChI=1S/C52H41N3/c53-52(47-35-45(39-19-7-2-8-20-39)34-46(36-47)40-21-9-3-10-22-40)55-50(32-31-38-17-5-1-6-18-38)44-27-15-25-42(33-44)43-26-16-28-48(37-43)54-51-30-14-13-29-49(51)41-23-11-4-12-24-41/h1-30,32-37,54H,31H2,(H2,53,55)/b50-32-. The highest BCUT2D eigenvalue weighted by molar-refractivity contribution is 6.03. The van der Waals surface area contributed by atoms with E-state index in [4.69, 9.17) is 10.7 Å². The van der Waals surface area contributed by atoms with Crippen molar-refractivity contribution in [3.8, 4) is 44.5 Å². The number of nitrogens with two attached hydrogens (primary N) is 1. The Balaban J connectivity index is 1.16. The monoisotopic (exact) mass is 707 g/mol. The highest BCUT2D eigenvalue weighted by Crippen LogP contribution is 2.33. The predicted molar refractivity (Wildman–Crippen MR) is 233 cm³/mol. The molecule has 0 bridgehead atoms. The van der Waals surface area contributed by atoms with E-state index >= 15 is 0 Å². The van der Waals surface area contributed by atoms with E-state index in [9.17, 15) is 0 Å². The first-order chi connectivity index (χ1) is 27.2. The number of nitrogens with one attached hydrogen (secondary N) is 1. The molecule has 0 atom stereocenters. The van der Waals surface area contributed by atoms with Gasteiger partial charge in [-0.3, -0.25) is 0 Å². The molecule has 264 valence electrons. The van der Waals surface area contributed by atoms with Crippen LogP contribution in [-0.2, 0) is 6.42 Å². The zero-order chi connectivity index (χ0) is 37.2. The van der Waals surface area contributed by atoms with Gasteiger partial charge in [0.25, 0.3) is 0 Å². The van der Waals surface area contributed by atoms with Crippen molar-refractivity contribution in [3.63, 3.8) is 0 Å². The Morgan fingerprint density at radius 3 is 1.60 bits per heavy atom. The van der Waals surface area contributed by atoms with Crippen LogP contribution in [0, 0.1) is 0 Å². The Morgan fingerprint density at radius 2 is 0.945 bits per heavy atom. The third-order valence-corrected chi connectivity index (χ3v) is 9.70. The van der Waals surface area contributed by atoms with Crippen LogP contribution in [0.3, 0.4) is 0 Å². The van der Waals surface area contributed by atoms with Crippen LogP contribution >= 0.6 is 0 Å². The Kier molecular flexibility index (Phi) is 10.5. The van der Waals surface area contributed by atoms with Gasteiger partial charge >= 0.3 is 0 Å². The molecule has 0 fully saturated rings. The van der Waals surface area contributed by atoms with Crippen LogP contribution in [0.1, 0.15) is 16.7 Å². The minimum Gasteiger partial charge on any atom is -0.383 e. The smallest absolute Gasteiger partial charge is 0.131 e. The average Bonchev–Trinajstić information content (AvgIpc) is 3.26. The maximum Gasteiger partial charge on any atom is 0.131 e. The number of hydrogen-bond donors (Lipinski definition) is 2. The van der Waals surface area contributed by atoms with E-state index in [0.717, 1.165) is 73.6 Å². The average molecular weight is 708 g/mol. The number of hydrogen-bond acceptors (Lipinski definition) is 2. The molecule has 0 amide bonds. The molecule has 3 heteroatoms. The number of aliphatic imine (C=N–C) groups is 1. The maximum atomic E-state index is 6.99. The van der Waals surface area contributed by atoms with Gasteiger partial charge in [-0.25, -0.2) is 4.99 Å². The summed E-state index contributed by atoms with van der Waals surface area (Å²) in [7, 11) is 0. The molecular formula is C52H41N3. The molecule has 8 aromatic rings. The van der Waals surface area contributed by atoms with Crippen molar-refractivity contribution >= 4 is 22.9 Å². The number of rotatable bonds is 11. The van der Waals surface area contributed by atoms with E-state index in [1.54, 1.807) is 0 Å². The van der Waals surface area contributed by atoms with Gasteiger partial charge in [0, 0.05) is 28.1 Å². The van der Waals surface area contributed by atoms with Crippen LogP contribution in [-0.4, -0.2) is 5.84 Å². The van der Waals surface area contributed by atoms with E-state index in [1.165, 1.54) is 11.1 Å². The first kappa shape index (κ1) is 34.8. The summed E-state index contributed by atoms with van der Waals surface area (Å²) in [5.41, 5.74) is 21.9. The van der Waals surface area contributed by atoms with Crippen molar-refractivity contribution in [2.75, 3.05) is 5.32 Å². The van der Waals surface area contributed by atoms with Gasteiger partial charge in [0.1, 0.15) is 5.84 Å². The van der Waals surface area contributed by atoms with Crippen molar-refractivity contribution in [2.45, 2.75) is 6.42 Å². The number of anilines is 2. The number of nitrogens with zero attached hydrogens (tertiary/aromatic N) is 1. The maximum absolute atomic E-state index is 6.99. The van der Waals surface area contributed by atoms with Crippen LogP contribution in [0.5, 0.6) is 0 Å². The zero-order valence-corrected chi connectivity index (χ0v) is 30.5. The second-order valence-electron chi connectivity index (χ2n) is 13.5. The lowest BCUT2D eigenvalue weighted by atomic mass is 9.95. The Hall–Kier alpha value is -7.23. The fraction of sp³-hybridized carbons (Fsp3) is 0.0192. The number of benzene rings is 8. The molecule has 0 aromatic heterocycles. The van der Waals surface area contributed by atoms with Crippen LogP contribution in [0.25, 0.3) is 50.2 Å². The molecule has 0 heterocycles. The summed E-state index contributed by atoms with van der Waals surface area (Å²) in [6.45, 7) is 0. The summed E-state index contributed by atoms with van der Waals surface area (Å²) in [6.07, 6.45) is 2.90. The number of para-hydroxylation sites is 1. The lowest BCUT2D eigenvalue weighted by molar-refractivity contribution is 1.26. The second kappa shape index (κ2) is 16.6. The molecular weight excluding hydrogens is 667 g/mol. The summed E-state index contributed by atoms with van der Waals surface area (Å²) < 4.78 is 0. The van der Waals surface area contributed by atoms with E-state index in [0.29, 0.717) is 5.84 Å². The molecule has 0 aliphatic heterocycles. The van der Waals surface area contributed by atoms with Gasteiger partial charge in [-0.05, 0) is 93.4 Å². The summed E-state index contributed by atoms with van der Waals surface area (Å²) in [5, 5.41) is 3.68. The molecule has 0 radical (unpaired) electrons. The fourth-order valence-corrected chi connectivity index (χ4v) is 6.87. The van der Waals surface area contributed by atoms with Gasteiger partial charge in [-0.15, -0.1) is 0 Å². The van der Waals surface area contributed by atoms with E-state index in [1.807, 2.05) is 24.3 Å². The van der Waals surface area contributed by atoms with E-state index in [2.05, 4.69) is 199 Å². The van der Waals surface area contributed by atoms with Gasteiger partial charge in [0.15, 0.2) is 0 Å². The van der Waals surface area contributed by atoms with Crippen LogP contribution in [0.15, 0.2) is 223 Å². The summed E-state index contributed by atoms with van der Waals surface area (Å²) in [5.74, 6) is 0.461. The molecule has 8 rings (SSSR count). The Bertz CT molecular complexity index is 2520. The largest absolute Gasteiger partial charge is 0.383 e. The van der Waals surface area contributed by atoms with Gasteiger partial charge in [0.05, 0.1) is 5.70 Å². The predicted octanol–water partition coefficient (Wildman–Crippen LogP) is 13.1. The minimum atomic E-state index is 0.461. The van der Waals surface area contributed by atoms with Crippen LogP contribution in [0.2, 0.25) is 0 Å². The Morgan fingerprint density at radius 1 is 0.436 bits per heavy atom. The first-order valence-electron chi connectivity index (χ1n) is 18.6. The molecule has 0 aliphatic carbocycles. The molecule has 55 heavy (non-hydrogen) atoms. The summed E-state index contributed by atoms with van der Waals surface area (Å²) in [6, 6.07) is 73.9. The highest BCUT2D eigenvalue weighted by Gasteiger charge is 2.12. The van der Waals surface area contributed by atoms with Crippen molar-refractivity contribution < 1.29 is 0 Å². The van der Waals surface area contributed by atoms with Gasteiger partial charge in [-0.2, -0.15) is 0 Å². The molecule has 3 N–H and O–H groups in total. The van der Waals surface area contributed by atoms with Gasteiger partial charge in [0.2, 0.25) is 0 Å². The zero-order valence-electron chi connectivity index (χ0n) is 30.5. The molecule has 0 spiro atoms. The fourth-order valence-electron chi connectivity index (χ4n) is 6.87. The van der Waals surface area contributed by atoms with E-state index < -0.39 is 0 Å². The topological polar surface area (TPSA) is 50.4 Å². The van der Waals surface area contributed by atoms with Crippen molar-refractivity contribution in [3.05, 3.63) is 235 Å². The first-order valence-corrected chi connectivity index (χ1v) is 18.6. The van der Waals surface area contributed by atoms with Crippen molar-refractivity contribution in [1.29, 1.82) is 0 Å². The lowest BCUT2D eigenvalue weighted by Crippen LogP contribution is -2.14. The normalized spacial score (nSPS) is 11.6. The quantitative estimate of drug-likeness (QED) is 0.104. The molecule has 0 unspecified atom stereocenters. The van der Waals surface area contributed by atoms with Crippen LogP contribution < -0.4 is 11.1 Å². The minimum absolute atomic E-state index is 0.461. The van der Waals surface area contributed by atoms with Crippen LogP contribution in [0.4, 0.5) is 11.4 Å². The van der Waals surface area contributed by atoms with E-state index in [-0.39, 0.29) is 0 Å². The van der Waals surface area contributed by atoms with Crippen molar-refractivity contribution in [1.82, 2.24) is 0 Å². The number of amidine groups is 1. The molecule has 8 aromatic carbocycles. The third kappa shape index (κ3) is 8.54. The lowest BCUT2D eigenvalue weighted by Gasteiger charge is -2.14. The molecule has 0 saturated heterocycles. The molecule has 0 aliphatic rings. The second-order valence-corrected chi connectivity index (χ2v) is 13.5. The Labute approximate surface area is 323 Å². The molecule has 0 saturated carbocycles. The van der Waals surface area contributed by atoms with Gasteiger partial charge < -0.3 is 11.1 Å². The number of allylic oxidation sites excluding steroid dienone is 1.